The summed E-state index contributed by atoms with van der Waals surface area (Å²) in [6, 6.07) is -1.11. The van der Waals surface area contributed by atoms with Crippen LogP contribution in [0.2, 0.25) is 0 Å². The Morgan fingerprint density at radius 1 is 1.10 bits per heavy atom. The zero-order valence-electron chi connectivity index (χ0n) is 11.6. The van der Waals surface area contributed by atoms with Crippen LogP contribution in [-0.4, -0.2) is 34.1 Å². The number of amides is 1. The predicted molar refractivity (Wildman–Crippen MR) is 72.2 cm³/mol. The lowest BCUT2D eigenvalue weighted by Crippen LogP contribution is -2.41. The van der Waals surface area contributed by atoms with E-state index in [4.69, 9.17) is 10.2 Å². The van der Waals surface area contributed by atoms with Crippen LogP contribution in [0.1, 0.15) is 57.8 Å². The number of nitrogens with one attached hydrogen (secondary N) is 1. The molecule has 0 aromatic rings. The molecular weight excluding hydrogens is 262 g/mol. The Morgan fingerprint density at radius 2 is 1.75 bits per heavy atom. The third-order valence-electron chi connectivity index (χ3n) is 3.77. The number of hydrogen-bond donors (Lipinski definition) is 3. The maximum atomic E-state index is 11.7. The van der Waals surface area contributed by atoms with Crippen LogP contribution in [0.4, 0.5) is 0 Å². The minimum Gasteiger partial charge on any atom is -0.481 e. The summed E-state index contributed by atoms with van der Waals surface area (Å²) in [6.45, 7) is 0. The van der Waals surface area contributed by atoms with Gasteiger partial charge in [0.2, 0.25) is 5.91 Å². The van der Waals surface area contributed by atoms with Gasteiger partial charge in [0, 0.05) is 12.8 Å². The molecule has 1 atom stereocenters. The van der Waals surface area contributed by atoms with Crippen molar-refractivity contribution >= 4 is 17.8 Å². The minimum atomic E-state index is -1.18. The van der Waals surface area contributed by atoms with E-state index < -0.39 is 18.0 Å². The summed E-state index contributed by atoms with van der Waals surface area (Å²) in [5, 5.41) is 19.9. The van der Waals surface area contributed by atoms with E-state index in [2.05, 4.69) is 5.32 Å². The van der Waals surface area contributed by atoms with Gasteiger partial charge in [-0.15, -0.1) is 0 Å². The molecule has 0 aliphatic heterocycles. The molecule has 0 heterocycles. The summed E-state index contributed by atoms with van der Waals surface area (Å²) in [7, 11) is 0. The third-order valence-corrected chi connectivity index (χ3v) is 3.77. The fourth-order valence-electron chi connectivity index (χ4n) is 2.64. The summed E-state index contributed by atoms with van der Waals surface area (Å²) in [4.78, 5) is 33.0. The van der Waals surface area contributed by atoms with Crippen LogP contribution in [0.25, 0.3) is 0 Å². The zero-order valence-corrected chi connectivity index (χ0v) is 11.6. The number of rotatable bonds is 9. The fraction of sp³-hybridized carbons (Fsp3) is 0.786. The van der Waals surface area contributed by atoms with Crippen molar-refractivity contribution in [1.82, 2.24) is 5.32 Å². The molecule has 1 fully saturated rings. The second kappa shape index (κ2) is 8.55. The van der Waals surface area contributed by atoms with Crippen molar-refractivity contribution in [1.29, 1.82) is 0 Å². The van der Waals surface area contributed by atoms with Crippen molar-refractivity contribution in [3.8, 4) is 0 Å². The highest BCUT2D eigenvalue weighted by molar-refractivity contribution is 5.83. The van der Waals surface area contributed by atoms with E-state index in [9.17, 15) is 14.4 Å². The number of carboxylic acid groups (broad SMARTS) is 2. The van der Waals surface area contributed by atoms with Gasteiger partial charge in [-0.1, -0.05) is 25.7 Å². The summed E-state index contributed by atoms with van der Waals surface area (Å²) in [5.74, 6) is -1.84. The first-order chi connectivity index (χ1) is 9.49. The molecule has 3 N–H and O–H groups in total. The van der Waals surface area contributed by atoms with Gasteiger partial charge in [-0.25, -0.2) is 4.79 Å². The van der Waals surface area contributed by atoms with Crippen molar-refractivity contribution in [3.63, 3.8) is 0 Å². The van der Waals surface area contributed by atoms with Gasteiger partial charge in [-0.05, 0) is 25.2 Å². The monoisotopic (exact) mass is 285 g/mol. The Hall–Kier alpha value is -1.59. The highest BCUT2D eigenvalue weighted by atomic mass is 16.4. The molecule has 0 unspecified atom stereocenters. The summed E-state index contributed by atoms with van der Waals surface area (Å²) >= 11 is 0. The van der Waals surface area contributed by atoms with Crippen molar-refractivity contribution in [3.05, 3.63) is 0 Å². The molecule has 1 rings (SSSR count). The molecule has 0 saturated heterocycles. The van der Waals surface area contributed by atoms with Gasteiger partial charge >= 0.3 is 11.9 Å². The van der Waals surface area contributed by atoms with Crippen LogP contribution in [0.15, 0.2) is 0 Å². The molecule has 1 saturated carbocycles. The van der Waals surface area contributed by atoms with Crippen molar-refractivity contribution in [2.45, 2.75) is 63.8 Å². The van der Waals surface area contributed by atoms with Gasteiger partial charge in [0.15, 0.2) is 0 Å². The summed E-state index contributed by atoms with van der Waals surface area (Å²) in [5.41, 5.74) is 0. The molecule has 1 aliphatic carbocycles. The molecule has 114 valence electrons. The molecule has 0 spiro atoms. The molecule has 6 nitrogen and oxygen atoms in total. The predicted octanol–water partition coefficient (Wildman–Crippen LogP) is 1.78. The summed E-state index contributed by atoms with van der Waals surface area (Å²) < 4.78 is 0. The lowest BCUT2D eigenvalue weighted by atomic mass is 10.0. The van der Waals surface area contributed by atoms with Crippen LogP contribution < -0.4 is 5.32 Å². The van der Waals surface area contributed by atoms with Crippen molar-refractivity contribution in [2.24, 2.45) is 5.92 Å². The number of carboxylic acids is 2. The highest BCUT2D eigenvalue weighted by Crippen LogP contribution is 2.28. The maximum absolute atomic E-state index is 11.7. The van der Waals surface area contributed by atoms with Gasteiger partial charge in [0.25, 0.3) is 0 Å². The lowest BCUT2D eigenvalue weighted by Gasteiger charge is -2.14. The molecule has 20 heavy (non-hydrogen) atoms. The van der Waals surface area contributed by atoms with Gasteiger partial charge in [-0.3, -0.25) is 9.59 Å². The number of hydrogen-bond acceptors (Lipinski definition) is 3. The second-order valence-corrected chi connectivity index (χ2v) is 5.43. The smallest absolute Gasteiger partial charge is 0.326 e. The molecule has 6 heteroatoms. The van der Waals surface area contributed by atoms with Gasteiger partial charge < -0.3 is 15.5 Å². The molecule has 0 aromatic heterocycles. The normalized spacial score (nSPS) is 16.8. The largest absolute Gasteiger partial charge is 0.481 e. The van der Waals surface area contributed by atoms with E-state index in [-0.39, 0.29) is 18.7 Å². The van der Waals surface area contributed by atoms with Gasteiger partial charge in [0.05, 0.1) is 0 Å². The van der Waals surface area contributed by atoms with Crippen molar-refractivity contribution < 1.29 is 24.6 Å². The van der Waals surface area contributed by atoms with Crippen LogP contribution in [0.5, 0.6) is 0 Å². The Morgan fingerprint density at radius 3 is 2.30 bits per heavy atom. The van der Waals surface area contributed by atoms with E-state index in [1.807, 2.05) is 0 Å². The van der Waals surface area contributed by atoms with Crippen LogP contribution in [0, 0.1) is 5.92 Å². The SMILES string of the molecule is O=C(O)CC[C@@H](NC(=O)CCCC1CCCC1)C(=O)O. The third kappa shape index (κ3) is 6.54. The first-order valence-corrected chi connectivity index (χ1v) is 7.23. The maximum Gasteiger partial charge on any atom is 0.326 e. The highest BCUT2D eigenvalue weighted by Gasteiger charge is 2.21. The van der Waals surface area contributed by atoms with Crippen LogP contribution in [0.3, 0.4) is 0 Å². The Bertz CT molecular complexity index is 349. The van der Waals surface area contributed by atoms with Gasteiger partial charge in [-0.2, -0.15) is 0 Å². The molecule has 0 radical (unpaired) electrons. The minimum absolute atomic E-state index is 0.0843. The van der Waals surface area contributed by atoms with Crippen molar-refractivity contribution in [2.75, 3.05) is 0 Å². The average Bonchev–Trinajstić information content (AvgIpc) is 2.87. The van der Waals surface area contributed by atoms with E-state index in [0.717, 1.165) is 12.8 Å². The first-order valence-electron chi connectivity index (χ1n) is 7.23. The molecular formula is C14H23NO5. The fourth-order valence-corrected chi connectivity index (χ4v) is 2.64. The number of carbonyl (C=O) groups is 3. The second-order valence-electron chi connectivity index (χ2n) is 5.43. The van der Waals surface area contributed by atoms with E-state index in [1.54, 1.807) is 0 Å². The molecule has 0 aromatic carbocycles. The van der Waals surface area contributed by atoms with E-state index >= 15 is 0 Å². The number of carbonyl (C=O) groups excluding carboxylic acids is 1. The zero-order chi connectivity index (χ0) is 15.0. The van der Waals surface area contributed by atoms with E-state index in [1.165, 1.54) is 25.7 Å². The Balaban J connectivity index is 2.22. The number of aliphatic carboxylic acids is 2. The van der Waals surface area contributed by atoms with E-state index in [0.29, 0.717) is 12.3 Å². The Kier molecular flexibility index (Phi) is 7.04. The lowest BCUT2D eigenvalue weighted by molar-refractivity contribution is -0.143. The standard InChI is InChI=1S/C14H23NO5/c16-12(7-3-6-10-4-1-2-5-10)15-11(14(19)20)8-9-13(17)18/h10-11H,1-9H2,(H,15,16)(H,17,18)(H,19,20)/t11-/m1/s1. The average molecular weight is 285 g/mol. The van der Waals surface area contributed by atoms with Crippen LogP contribution in [-0.2, 0) is 14.4 Å². The van der Waals surface area contributed by atoms with Crippen LogP contribution >= 0.6 is 0 Å². The first kappa shape index (κ1) is 16.5. The molecule has 0 bridgehead atoms. The molecule has 1 amide bonds. The topological polar surface area (TPSA) is 104 Å². The quantitative estimate of drug-likeness (QED) is 0.599. The van der Waals surface area contributed by atoms with Gasteiger partial charge in [0.1, 0.15) is 6.04 Å². The summed E-state index contributed by atoms with van der Waals surface area (Å²) in [6.07, 6.45) is 6.75. The molecule has 1 aliphatic rings. The Labute approximate surface area is 118 Å².